The second-order valence-corrected chi connectivity index (χ2v) is 8.74. The molecule has 0 spiro atoms. The maximum absolute atomic E-state index is 12.8. The number of ketones is 1. The molecule has 0 aromatic rings. The SMILES string of the molecule is COC1CCC(C2CCC(C(=O)C3CCC(C)CC3)CC2)CC1. The molecule has 0 heterocycles. The van der Waals surface area contributed by atoms with Crippen molar-refractivity contribution in [1.82, 2.24) is 0 Å². The molecule has 3 aliphatic rings. The fourth-order valence-corrected chi connectivity index (χ4v) is 5.55. The van der Waals surface area contributed by atoms with E-state index in [4.69, 9.17) is 4.74 Å². The Morgan fingerprint density at radius 2 is 1.13 bits per heavy atom. The lowest BCUT2D eigenvalue weighted by Gasteiger charge is -2.38. The Kier molecular flexibility index (Phi) is 6.18. The van der Waals surface area contributed by atoms with Crippen LogP contribution < -0.4 is 0 Å². The highest BCUT2D eigenvalue weighted by Crippen LogP contribution is 2.42. The van der Waals surface area contributed by atoms with Crippen LogP contribution in [0.4, 0.5) is 0 Å². The summed E-state index contributed by atoms with van der Waals surface area (Å²) in [5.41, 5.74) is 0. The molecule has 0 aliphatic heterocycles. The van der Waals surface area contributed by atoms with Gasteiger partial charge < -0.3 is 4.74 Å². The van der Waals surface area contributed by atoms with E-state index < -0.39 is 0 Å². The highest BCUT2D eigenvalue weighted by molar-refractivity contribution is 5.83. The Morgan fingerprint density at radius 1 is 0.696 bits per heavy atom. The number of rotatable bonds is 4. The molecule has 0 atom stereocenters. The topological polar surface area (TPSA) is 26.3 Å². The van der Waals surface area contributed by atoms with Crippen LogP contribution in [0.3, 0.4) is 0 Å². The summed E-state index contributed by atoms with van der Waals surface area (Å²) in [7, 11) is 1.85. The van der Waals surface area contributed by atoms with Gasteiger partial charge in [0.15, 0.2) is 0 Å². The second-order valence-electron chi connectivity index (χ2n) is 8.74. The molecular weight excluding hydrogens is 284 g/mol. The maximum Gasteiger partial charge on any atom is 0.139 e. The Bertz CT molecular complexity index is 367. The first-order valence-corrected chi connectivity index (χ1v) is 10.2. The molecule has 0 aromatic carbocycles. The van der Waals surface area contributed by atoms with E-state index >= 15 is 0 Å². The number of methoxy groups -OCH3 is 1. The quantitative estimate of drug-likeness (QED) is 0.694. The third kappa shape index (κ3) is 4.38. The summed E-state index contributed by atoms with van der Waals surface area (Å²) in [6.07, 6.45) is 15.6. The molecule has 2 nitrogen and oxygen atoms in total. The molecule has 0 unspecified atom stereocenters. The molecule has 3 saturated carbocycles. The Labute approximate surface area is 142 Å². The van der Waals surface area contributed by atoms with Gasteiger partial charge in [0, 0.05) is 18.9 Å². The van der Waals surface area contributed by atoms with Crippen LogP contribution in [0.15, 0.2) is 0 Å². The standard InChI is InChI=1S/C21H36O2/c1-15-3-5-18(6-4-15)21(22)19-9-7-16(8-10-19)17-11-13-20(23-2)14-12-17/h15-20H,3-14H2,1-2H3. The predicted molar refractivity (Wildman–Crippen MR) is 94.3 cm³/mol. The second kappa shape index (κ2) is 8.14. The van der Waals surface area contributed by atoms with E-state index in [2.05, 4.69) is 6.92 Å². The lowest BCUT2D eigenvalue weighted by atomic mass is 9.68. The van der Waals surface area contributed by atoms with E-state index in [0.717, 1.165) is 17.8 Å². The van der Waals surface area contributed by atoms with E-state index in [1.807, 2.05) is 7.11 Å². The molecule has 0 amide bonds. The fraction of sp³-hybridized carbons (Fsp3) is 0.952. The van der Waals surface area contributed by atoms with Gasteiger partial charge in [-0.2, -0.15) is 0 Å². The molecule has 3 aliphatic carbocycles. The fourth-order valence-electron chi connectivity index (χ4n) is 5.55. The van der Waals surface area contributed by atoms with Crippen molar-refractivity contribution in [3.63, 3.8) is 0 Å². The molecule has 0 aromatic heterocycles. The van der Waals surface area contributed by atoms with Gasteiger partial charge in [-0.3, -0.25) is 4.79 Å². The van der Waals surface area contributed by atoms with Crippen LogP contribution in [0, 0.1) is 29.6 Å². The highest BCUT2D eigenvalue weighted by atomic mass is 16.5. The van der Waals surface area contributed by atoms with Crippen molar-refractivity contribution in [1.29, 1.82) is 0 Å². The van der Waals surface area contributed by atoms with Gasteiger partial charge in [0.25, 0.3) is 0 Å². The Morgan fingerprint density at radius 3 is 1.61 bits per heavy atom. The average molecular weight is 321 g/mol. The summed E-state index contributed by atoms with van der Waals surface area (Å²) in [5.74, 6) is 4.09. The van der Waals surface area contributed by atoms with Crippen LogP contribution in [-0.2, 0) is 9.53 Å². The van der Waals surface area contributed by atoms with Crippen molar-refractivity contribution in [2.75, 3.05) is 7.11 Å². The summed E-state index contributed by atoms with van der Waals surface area (Å²) in [6, 6.07) is 0. The van der Waals surface area contributed by atoms with Gasteiger partial charge in [-0.05, 0) is 82.0 Å². The molecular formula is C21H36O2. The first-order valence-electron chi connectivity index (χ1n) is 10.2. The summed E-state index contributed by atoms with van der Waals surface area (Å²) in [6.45, 7) is 2.34. The number of hydrogen-bond donors (Lipinski definition) is 0. The van der Waals surface area contributed by atoms with Crippen LogP contribution in [0.25, 0.3) is 0 Å². The monoisotopic (exact) mass is 320 g/mol. The van der Waals surface area contributed by atoms with Gasteiger partial charge >= 0.3 is 0 Å². The number of ether oxygens (including phenoxy) is 1. The third-order valence-corrected chi connectivity index (χ3v) is 7.31. The molecule has 0 bridgehead atoms. The van der Waals surface area contributed by atoms with Crippen LogP contribution in [0.5, 0.6) is 0 Å². The minimum absolute atomic E-state index is 0.403. The molecule has 23 heavy (non-hydrogen) atoms. The lowest BCUT2D eigenvalue weighted by Crippen LogP contribution is -2.33. The number of hydrogen-bond acceptors (Lipinski definition) is 2. The Balaban J connectivity index is 1.42. The summed E-state index contributed by atoms with van der Waals surface area (Å²) in [4.78, 5) is 12.8. The van der Waals surface area contributed by atoms with Gasteiger partial charge in [-0.1, -0.05) is 19.8 Å². The van der Waals surface area contributed by atoms with Crippen LogP contribution in [-0.4, -0.2) is 19.0 Å². The summed E-state index contributed by atoms with van der Waals surface area (Å²) < 4.78 is 5.51. The Hall–Kier alpha value is -0.370. The molecule has 3 fully saturated rings. The van der Waals surface area contributed by atoms with Crippen molar-refractivity contribution in [2.24, 2.45) is 29.6 Å². The largest absolute Gasteiger partial charge is 0.381 e. The third-order valence-electron chi connectivity index (χ3n) is 7.31. The van der Waals surface area contributed by atoms with Gasteiger partial charge in [-0.15, -0.1) is 0 Å². The number of Topliss-reactive ketones (excluding diaryl/α,β-unsaturated/α-hetero) is 1. The smallest absolute Gasteiger partial charge is 0.139 e. The zero-order valence-corrected chi connectivity index (χ0v) is 15.3. The maximum atomic E-state index is 12.8. The van der Waals surface area contributed by atoms with E-state index in [1.54, 1.807) is 0 Å². The van der Waals surface area contributed by atoms with E-state index in [0.29, 0.717) is 23.7 Å². The first kappa shape index (κ1) is 17.5. The summed E-state index contributed by atoms with van der Waals surface area (Å²) in [5, 5.41) is 0. The highest BCUT2D eigenvalue weighted by Gasteiger charge is 2.35. The van der Waals surface area contributed by atoms with Crippen molar-refractivity contribution in [3.8, 4) is 0 Å². The minimum atomic E-state index is 0.403. The first-order chi connectivity index (χ1) is 11.2. The van der Waals surface area contributed by atoms with Crippen LogP contribution in [0.1, 0.15) is 84.0 Å². The average Bonchev–Trinajstić information content (AvgIpc) is 2.62. The zero-order valence-electron chi connectivity index (χ0n) is 15.3. The van der Waals surface area contributed by atoms with E-state index in [-0.39, 0.29) is 0 Å². The molecule has 132 valence electrons. The van der Waals surface area contributed by atoms with Crippen LogP contribution >= 0.6 is 0 Å². The number of carbonyl (C=O) groups is 1. The van der Waals surface area contributed by atoms with Gasteiger partial charge in [0.05, 0.1) is 6.10 Å². The van der Waals surface area contributed by atoms with E-state index in [9.17, 15) is 4.79 Å². The predicted octanol–water partition coefficient (Wildman–Crippen LogP) is 5.39. The normalized spacial score (nSPS) is 42.3. The number of carbonyl (C=O) groups excluding carboxylic acids is 1. The lowest BCUT2D eigenvalue weighted by molar-refractivity contribution is -0.129. The van der Waals surface area contributed by atoms with Crippen molar-refractivity contribution < 1.29 is 9.53 Å². The van der Waals surface area contributed by atoms with Crippen molar-refractivity contribution in [3.05, 3.63) is 0 Å². The molecule has 3 rings (SSSR count). The van der Waals surface area contributed by atoms with Crippen molar-refractivity contribution >= 4 is 5.78 Å². The molecule has 0 N–H and O–H groups in total. The zero-order chi connectivity index (χ0) is 16.2. The minimum Gasteiger partial charge on any atom is -0.381 e. The van der Waals surface area contributed by atoms with Gasteiger partial charge in [0.1, 0.15) is 5.78 Å². The van der Waals surface area contributed by atoms with Gasteiger partial charge in [-0.25, -0.2) is 0 Å². The molecule has 2 heteroatoms. The molecule has 0 saturated heterocycles. The van der Waals surface area contributed by atoms with Gasteiger partial charge in [0.2, 0.25) is 0 Å². The van der Waals surface area contributed by atoms with Crippen molar-refractivity contribution in [2.45, 2.75) is 90.1 Å². The van der Waals surface area contributed by atoms with Crippen LogP contribution in [0.2, 0.25) is 0 Å². The van der Waals surface area contributed by atoms with E-state index in [1.165, 1.54) is 77.0 Å². The molecule has 0 radical (unpaired) electrons. The summed E-state index contributed by atoms with van der Waals surface area (Å²) >= 11 is 0.